The Bertz CT molecular complexity index is 779. The highest BCUT2D eigenvalue weighted by Gasteiger charge is 2.30. The van der Waals surface area contributed by atoms with E-state index in [9.17, 15) is 9.59 Å². The van der Waals surface area contributed by atoms with Crippen LogP contribution < -0.4 is 15.0 Å². The Morgan fingerprint density at radius 3 is 2.64 bits per heavy atom. The van der Waals surface area contributed by atoms with Gasteiger partial charge in [-0.1, -0.05) is 17.7 Å². The van der Waals surface area contributed by atoms with Gasteiger partial charge in [-0.05, 0) is 42.5 Å². The number of hydrogen-bond donors (Lipinski definition) is 1. The van der Waals surface area contributed by atoms with Crippen LogP contribution in [0.15, 0.2) is 48.5 Å². The molecule has 0 aliphatic carbocycles. The number of hydrogen-bond acceptors (Lipinski definition) is 3. The maximum absolute atomic E-state index is 12.5. The van der Waals surface area contributed by atoms with E-state index in [1.54, 1.807) is 48.4 Å². The molecule has 1 fully saturated rings. The average molecular weight is 360 g/mol. The highest BCUT2D eigenvalue weighted by atomic mass is 35.5. The lowest BCUT2D eigenvalue weighted by molar-refractivity contribution is -0.116. The summed E-state index contributed by atoms with van der Waals surface area (Å²) >= 11 is 5.90. The summed E-state index contributed by atoms with van der Waals surface area (Å²) in [5, 5.41) is 3.29. The number of methoxy groups -OCH3 is 1. The van der Waals surface area contributed by atoms with Crippen molar-refractivity contribution in [1.82, 2.24) is 4.90 Å². The standard InChI is InChI=1S/C18H18ClN3O3/c1-25-16-7-5-15(6-8-16)22-10-9-21(18(22)24)12-17(23)20-14-4-2-3-13(19)11-14/h2-8,11H,9-10,12H2,1H3,(H,20,23). The highest BCUT2D eigenvalue weighted by molar-refractivity contribution is 6.30. The topological polar surface area (TPSA) is 61.9 Å². The second-order valence-electron chi connectivity index (χ2n) is 5.61. The summed E-state index contributed by atoms with van der Waals surface area (Å²) in [6.07, 6.45) is 0. The fourth-order valence-electron chi connectivity index (χ4n) is 2.67. The number of urea groups is 1. The van der Waals surface area contributed by atoms with E-state index in [0.717, 1.165) is 11.4 Å². The van der Waals surface area contributed by atoms with E-state index in [1.165, 1.54) is 4.90 Å². The fourth-order valence-corrected chi connectivity index (χ4v) is 2.86. The van der Waals surface area contributed by atoms with Crippen molar-refractivity contribution in [2.24, 2.45) is 0 Å². The third-order valence-electron chi connectivity index (χ3n) is 3.92. The molecule has 0 unspecified atom stereocenters. The maximum atomic E-state index is 12.5. The molecule has 7 heteroatoms. The molecule has 25 heavy (non-hydrogen) atoms. The van der Waals surface area contributed by atoms with Crippen molar-refractivity contribution in [3.05, 3.63) is 53.6 Å². The van der Waals surface area contributed by atoms with Crippen molar-refractivity contribution in [2.45, 2.75) is 0 Å². The zero-order valence-electron chi connectivity index (χ0n) is 13.7. The molecular weight excluding hydrogens is 342 g/mol. The summed E-state index contributed by atoms with van der Waals surface area (Å²) in [5.74, 6) is 0.473. The minimum Gasteiger partial charge on any atom is -0.497 e. The van der Waals surface area contributed by atoms with Gasteiger partial charge in [0.25, 0.3) is 0 Å². The first-order chi connectivity index (χ1) is 12.1. The first-order valence-electron chi connectivity index (χ1n) is 7.83. The average Bonchev–Trinajstić information content (AvgIpc) is 2.95. The summed E-state index contributed by atoms with van der Waals surface area (Å²) in [6.45, 7) is 1.03. The molecule has 0 radical (unpaired) electrons. The van der Waals surface area contributed by atoms with E-state index < -0.39 is 0 Å². The molecule has 1 saturated heterocycles. The Balaban J connectivity index is 1.60. The van der Waals surface area contributed by atoms with Gasteiger partial charge in [0.2, 0.25) is 5.91 Å². The van der Waals surface area contributed by atoms with E-state index in [4.69, 9.17) is 16.3 Å². The van der Waals surface area contributed by atoms with Crippen molar-refractivity contribution < 1.29 is 14.3 Å². The van der Waals surface area contributed by atoms with Gasteiger partial charge in [-0.15, -0.1) is 0 Å². The largest absolute Gasteiger partial charge is 0.497 e. The summed E-state index contributed by atoms with van der Waals surface area (Å²) in [6, 6.07) is 14.0. The van der Waals surface area contributed by atoms with E-state index in [-0.39, 0.29) is 18.5 Å². The Morgan fingerprint density at radius 2 is 1.96 bits per heavy atom. The van der Waals surface area contributed by atoms with Crippen molar-refractivity contribution >= 4 is 34.9 Å². The van der Waals surface area contributed by atoms with Gasteiger partial charge in [0.1, 0.15) is 12.3 Å². The number of carbonyl (C=O) groups is 2. The number of halogens is 1. The molecule has 3 amide bonds. The predicted octanol–water partition coefficient (Wildman–Crippen LogP) is 3.23. The van der Waals surface area contributed by atoms with Crippen LogP contribution in [0.4, 0.5) is 16.2 Å². The van der Waals surface area contributed by atoms with Crippen LogP contribution in [0.1, 0.15) is 0 Å². The monoisotopic (exact) mass is 359 g/mol. The molecule has 0 aromatic heterocycles. The summed E-state index contributed by atoms with van der Waals surface area (Å²) in [4.78, 5) is 27.9. The maximum Gasteiger partial charge on any atom is 0.325 e. The Kier molecular flexibility index (Phi) is 5.09. The van der Waals surface area contributed by atoms with E-state index in [2.05, 4.69) is 5.32 Å². The third kappa shape index (κ3) is 4.03. The molecule has 2 aromatic carbocycles. The molecule has 0 spiro atoms. The second kappa shape index (κ2) is 7.44. The van der Waals surface area contributed by atoms with Crippen LogP contribution >= 0.6 is 11.6 Å². The number of ether oxygens (including phenoxy) is 1. The number of nitrogens with zero attached hydrogens (tertiary/aromatic N) is 2. The van der Waals surface area contributed by atoms with Crippen LogP contribution in [-0.4, -0.2) is 43.6 Å². The van der Waals surface area contributed by atoms with Gasteiger partial charge in [0, 0.05) is 29.5 Å². The van der Waals surface area contributed by atoms with Gasteiger partial charge >= 0.3 is 6.03 Å². The lowest BCUT2D eigenvalue weighted by atomic mass is 10.3. The van der Waals surface area contributed by atoms with Crippen molar-refractivity contribution in [2.75, 3.05) is 37.0 Å². The van der Waals surface area contributed by atoms with Crippen LogP contribution in [-0.2, 0) is 4.79 Å². The smallest absolute Gasteiger partial charge is 0.325 e. The van der Waals surface area contributed by atoms with Gasteiger partial charge in [0.05, 0.1) is 7.11 Å². The molecule has 0 atom stereocenters. The van der Waals surface area contributed by atoms with E-state index in [0.29, 0.717) is 23.8 Å². The Hall–Kier alpha value is -2.73. The third-order valence-corrected chi connectivity index (χ3v) is 4.16. The number of amides is 3. The number of benzene rings is 2. The number of carbonyl (C=O) groups excluding carboxylic acids is 2. The SMILES string of the molecule is COc1ccc(N2CCN(CC(=O)Nc3cccc(Cl)c3)C2=O)cc1. The summed E-state index contributed by atoms with van der Waals surface area (Å²) < 4.78 is 5.12. The molecule has 1 aliphatic rings. The molecule has 0 bridgehead atoms. The minimum atomic E-state index is -0.257. The van der Waals surface area contributed by atoms with Crippen LogP contribution in [0.3, 0.4) is 0 Å². The molecule has 2 aromatic rings. The minimum absolute atomic E-state index is 0.00198. The van der Waals surface area contributed by atoms with E-state index in [1.807, 2.05) is 12.1 Å². The van der Waals surface area contributed by atoms with Gasteiger partial charge in [-0.2, -0.15) is 0 Å². The molecule has 1 heterocycles. The molecule has 130 valence electrons. The Morgan fingerprint density at radius 1 is 1.20 bits per heavy atom. The highest BCUT2D eigenvalue weighted by Crippen LogP contribution is 2.23. The second-order valence-corrected chi connectivity index (χ2v) is 6.05. The van der Waals surface area contributed by atoms with Crippen molar-refractivity contribution in [3.63, 3.8) is 0 Å². The summed E-state index contributed by atoms with van der Waals surface area (Å²) in [7, 11) is 1.59. The molecular formula is C18H18ClN3O3. The molecule has 0 saturated carbocycles. The van der Waals surface area contributed by atoms with Crippen molar-refractivity contribution in [3.8, 4) is 5.75 Å². The van der Waals surface area contributed by atoms with Crippen LogP contribution in [0, 0.1) is 0 Å². The number of anilines is 2. The van der Waals surface area contributed by atoms with Crippen LogP contribution in [0.2, 0.25) is 5.02 Å². The van der Waals surface area contributed by atoms with E-state index >= 15 is 0 Å². The zero-order valence-corrected chi connectivity index (χ0v) is 14.5. The first kappa shape index (κ1) is 17.1. The fraction of sp³-hybridized carbons (Fsp3) is 0.222. The first-order valence-corrected chi connectivity index (χ1v) is 8.20. The van der Waals surface area contributed by atoms with Gasteiger partial charge in [-0.25, -0.2) is 4.79 Å². The normalized spacial score (nSPS) is 13.9. The summed E-state index contributed by atoms with van der Waals surface area (Å²) in [5.41, 5.74) is 1.39. The lowest BCUT2D eigenvalue weighted by Gasteiger charge is -2.18. The molecule has 3 rings (SSSR count). The van der Waals surface area contributed by atoms with Gasteiger partial charge < -0.3 is 15.0 Å². The number of nitrogens with one attached hydrogen (secondary N) is 1. The lowest BCUT2D eigenvalue weighted by Crippen LogP contribution is -2.37. The predicted molar refractivity (Wildman–Crippen MR) is 97.4 cm³/mol. The molecule has 1 N–H and O–H groups in total. The Labute approximate surface area is 150 Å². The van der Waals surface area contributed by atoms with Gasteiger partial charge in [-0.3, -0.25) is 9.69 Å². The zero-order chi connectivity index (χ0) is 17.8. The van der Waals surface area contributed by atoms with Gasteiger partial charge in [0.15, 0.2) is 0 Å². The van der Waals surface area contributed by atoms with Crippen molar-refractivity contribution in [1.29, 1.82) is 0 Å². The number of rotatable bonds is 5. The quantitative estimate of drug-likeness (QED) is 0.891. The van der Waals surface area contributed by atoms with Crippen LogP contribution in [0.25, 0.3) is 0 Å². The molecule has 1 aliphatic heterocycles. The molecule has 6 nitrogen and oxygen atoms in total. The van der Waals surface area contributed by atoms with Crippen LogP contribution in [0.5, 0.6) is 5.75 Å².